The third-order valence-electron chi connectivity index (χ3n) is 3.29. The van der Waals surface area contributed by atoms with E-state index in [9.17, 15) is 0 Å². The number of benzene rings is 2. The minimum absolute atomic E-state index is 0.138. The van der Waals surface area contributed by atoms with Crippen LogP contribution in [0, 0.1) is 6.92 Å². The van der Waals surface area contributed by atoms with Crippen LogP contribution in [0.4, 0.5) is 0 Å². The molecule has 0 N–H and O–H groups in total. The van der Waals surface area contributed by atoms with Crippen LogP contribution in [-0.4, -0.2) is 10.2 Å². The van der Waals surface area contributed by atoms with Gasteiger partial charge in [0, 0.05) is 15.8 Å². The number of halogens is 1. The number of thioether (sulfide) groups is 1. The Bertz CT molecular complexity index is 788. The summed E-state index contributed by atoms with van der Waals surface area (Å²) in [6, 6.07) is 15.8. The van der Waals surface area contributed by atoms with Gasteiger partial charge in [-0.25, -0.2) is 0 Å². The van der Waals surface area contributed by atoms with Crippen molar-refractivity contribution in [2.45, 2.75) is 24.3 Å². The molecule has 3 rings (SSSR count). The van der Waals surface area contributed by atoms with Gasteiger partial charge < -0.3 is 4.42 Å². The lowest BCUT2D eigenvalue weighted by atomic mass is 10.1. The van der Waals surface area contributed by atoms with Crippen molar-refractivity contribution in [1.82, 2.24) is 10.2 Å². The van der Waals surface area contributed by atoms with Gasteiger partial charge in [-0.3, -0.25) is 0 Å². The molecule has 0 aliphatic carbocycles. The summed E-state index contributed by atoms with van der Waals surface area (Å²) in [5, 5.41) is 9.68. The van der Waals surface area contributed by atoms with E-state index in [1.807, 2.05) is 55.5 Å². The van der Waals surface area contributed by atoms with E-state index in [4.69, 9.17) is 16.0 Å². The van der Waals surface area contributed by atoms with Gasteiger partial charge in [0.15, 0.2) is 0 Å². The molecular weight excluding hydrogens is 316 g/mol. The second kappa shape index (κ2) is 6.55. The van der Waals surface area contributed by atoms with Crippen molar-refractivity contribution >= 4 is 23.4 Å². The quantitative estimate of drug-likeness (QED) is 0.588. The second-order valence-electron chi connectivity index (χ2n) is 5.02. The van der Waals surface area contributed by atoms with Crippen LogP contribution in [0.2, 0.25) is 5.02 Å². The van der Waals surface area contributed by atoms with Crippen LogP contribution >= 0.6 is 23.4 Å². The summed E-state index contributed by atoms with van der Waals surface area (Å²) in [6.45, 7) is 4.11. The van der Waals surface area contributed by atoms with Crippen LogP contribution in [0.1, 0.15) is 23.3 Å². The highest BCUT2D eigenvalue weighted by atomic mass is 35.5. The van der Waals surface area contributed by atoms with Crippen molar-refractivity contribution in [3.05, 3.63) is 64.7 Å². The zero-order valence-corrected chi connectivity index (χ0v) is 13.9. The molecule has 1 atom stereocenters. The molecule has 22 heavy (non-hydrogen) atoms. The smallest absolute Gasteiger partial charge is 0.277 e. The maximum Gasteiger partial charge on any atom is 0.277 e. The molecule has 112 valence electrons. The van der Waals surface area contributed by atoms with Crippen LogP contribution in [-0.2, 0) is 0 Å². The fourth-order valence-electron chi connectivity index (χ4n) is 2.17. The first-order chi connectivity index (χ1) is 10.6. The van der Waals surface area contributed by atoms with Crippen molar-refractivity contribution in [2.75, 3.05) is 0 Å². The summed E-state index contributed by atoms with van der Waals surface area (Å²) in [5.74, 6) is 0.539. The lowest BCUT2D eigenvalue weighted by molar-refractivity contribution is 0.465. The monoisotopic (exact) mass is 330 g/mol. The van der Waals surface area contributed by atoms with E-state index >= 15 is 0 Å². The van der Waals surface area contributed by atoms with E-state index < -0.39 is 0 Å². The Hall–Kier alpha value is -1.78. The van der Waals surface area contributed by atoms with Crippen molar-refractivity contribution in [3.63, 3.8) is 0 Å². The van der Waals surface area contributed by atoms with Crippen molar-refractivity contribution < 1.29 is 4.42 Å². The highest BCUT2D eigenvalue weighted by molar-refractivity contribution is 7.99. The van der Waals surface area contributed by atoms with E-state index in [2.05, 4.69) is 17.1 Å². The zero-order chi connectivity index (χ0) is 15.5. The minimum Gasteiger partial charge on any atom is -0.411 e. The fourth-order valence-corrected chi connectivity index (χ4v) is 3.39. The standard InChI is InChI=1S/C17H15ClN2OS/c1-11-6-5-7-13(10-11)16-19-20-17(21-16)22-12(2)14-8-3-4-9-15(14)18/h3-10,12H,1-2H3. The molecule has 0 bridgehead atoms. The molecule has 0 saturated heterocycles. The highest BCUT2D eigenvalue weighted by Gasteiger charge is 2.16. The van der Waals surface area contributed by atoms with Crippen LogP contribution in [0.3, 0.4) is 0 Å². The molecule has 2 aromatic carbocycles. The van der Waals surface area contributed by atoms with Crippen LogP contribution in [0.15, 0.2) is 58.2 Å². The zero-order valence-electron chi connectivity index (χ0n) is 12.3. The topological polar surface area (TPSA) is 38.9 Å². The van der Waals surface area contributed by atoms with Gasteiger partial charge in [-0.15, -0.1) is 10.2 Å². The molecule has 0 radical (unpaired) electrons. The normalized spacial score (nSPS) is 12.3. The van der Waals surface area contributed by atoms with Crippen LogP contribution < -0.4 is 0 Å². The number of aromatic nitrogens is 2. The van der Waals surface area contributed by atoms with Crippen molar-refractivity contribution in [2.24, 2.45) is 0 Å². The molecule has 1 heterocycles. The molecule has 0 aliphatic heterocycles. The summed E-state index contributed by atoms with van der Waals surface area (Å²) in [6.07, 6.45) is 0. The molecule has 0 amide bonds. The van der Waals surface area contributed by atoms with Gasteiger partial charge >= 0.3 is 0 Å². The number of hydrogen-bond donors (Lipinski definition) is 0. The van der Waals surface area contributed by atoms with Crippen LogP contribution in [0.5, 0.6) is 0 Å². The van der Waals surface area contributed by atoms with Gasteiger partial charge in [0.2, 0.25) is 5.89 Å². The molecular formula is C17H15ClN2OS. The summed E-state index contributed by atoms with van der Waals surface area (Å²) >= 11 is 7.73. The first-order valence-electron chi connectivity index (χ1n) is 6.95. The maximum atomic E-state index is 6.22. The molecule has 1 aromatic heterocycles. The number of aryl methyl sites for hydroxylation is 1. The van der Waals surface area contributed by atoms with Gasteiger partial charge in [-0.05, 0) is 37.6 Å². The Kier molecular flexibility index (Phi) is 4.50. The SMILES string of the molecule is Cc1cccc(-c2nnc(SC(C)c3ccccc3Cl)o2)c1. The Labute approximate surface area is 138 Å². The first-order valence-corrected chi connectivity index (χ1v) is 8.21. The molecule has 0 aliphatic rings. The molecule has 3 nitrogen and oxygen atoms in total. The number of hydrogen-bond acceptors (Lipinski definition) is 4. The van der Waals surface area contributed by atoms with Crippen molar-refractivity contribution in [3.8, 4) is 11.5 Å². The molecule has 3 aromatic rings. The van der Waals surface area contributed by atoms with E-state index in [0.29, 0.717) is 11.1 Å². The van der Waals surface area contributed by atoms with Crippen LogP contribution in [0.25, 0.3) is 11.5 Å². The molecule has 1 unspecified atom stereocenters. The van der Waals surface area contributed by atoms with E-state index in [0.717, 1.165) is 21.7 Å². The molecule has 0 fully saturated rings. The summed E-state index contributed by atoms with van der Waals surface area (Å²) in [4.78, 5) is 0. The molecule has 0 saturated carbocycles. The largest absolute Gasteiger partial charge is 0.411 e. The number of nitrogens with zero attached hydrogens (tertiary/aromatic N) is 2. The second-order valence-corrected chi connectivity index (χ2v) is 6.72. The van der Waals surface area contributed by atoms with E-state index in [1.165, 1.54) is 11.8 Å². The van der Waals surface area contributed by atoms with Gasteiger partial charge in [0.25, 0.3) is 5.22 Å². The summed E-state index contributed by atoms with van der Waals surface area (Å²) in [7, 11) is 0. The predicted molar refractivity (Wildman–Crippen MR) is 90.2 cm³/mol. The number of rotatable bonds is 4. The molecule has 5 heteroatoms. The minimum atomic E-state index is 0.138. The average Bonchev–Trinajstić information content (AvgIpc) is 2.96. The summed E-state index contributed by atoms with van der Waals surface area (Å²) in [5.41, 5.74) is 3.16. The Balaban J connectivity index is 1.79. The first kappa shape index (κ1) is 15.1. The van der Waals surface area contributed by atoms with Crippen molar-refractivity contribution in [1.29, 1.82) is 0 Å². The van der Waals surface area contributed by atoms with Gasteiger partial charge in [-0.1, -0.05) is 59.3 Å². The average molecular weight is 331 g/mol. The van der Waals surface area contributed by atoms with E-state index in [-0.39, 0.29) is 5.25 Å². The third-order valence-corrected chi connectivity index (χ3v) is 4.61. The third kappa shape index (κ3) is 3.34. The fraction of sp³-hybridized carbons (Fsp3) is 0.176. The van der Waals surface area contributed by atoms with E-state index in [1.54, 1.807) is 0 Å². The lowest BCUT2D eigenvalue weighted by Gasteiger charge is -2.10. The summed E-state index contributed by atoms with van der Waals surface area (Å²) < 4.78 is 5.75. The molecule has 0 spiro atoms. The van der Waals surface area contributed by atoms with Gasteiger partial charge in [-0.2, -0.15) is 0 Å². The van der Waals surface area contributed by atoms with Gasteiger partial charge in [0.05, 0.1) is 0 Å². The van der Waals surface area contributed by atoms with Gasteiger partial charge in [0.1, 0.15) is 0 Å². The lowest BCUT2D eigenvalue weighted by Crippen LogP contribution is -1.89. The Morgan fingerprint density at radius 3 is 2.68 bits per heavy atom. The Morgan fingerprint density at radius 2 is 1.91 bits per heavy atom. The highest BCUT2D eigenvalue weighted by Crippen LogP contribution is 2.37. The Morgan fingerprint density at radius 1 is 1.09 bits per heavy atom. The predicted octanol–water partition coefficient (Wildman–Crippen LogP) is 5.55. The maximum absolute atomic E-state index is 6.22.